The van der Waals surface area contributed by atoms with Crippen LogP contribution < -0.4 is 5.73 Å². The van der Waals surface area contributed by atoms with Gasteiger partial charge in [-0.05, 0) is 0 Å². The number of hydrogen-bond acceptors (Lipinski definition) is 5. The van der Waals surface area contributed by atoms with Crippen molar-refractivity contribution in [3.05, 3.63) is 0 Å². The van der Waals surface area contributed by atoms with Crippen molar-refractivity contribution in [3.63, 3.8) is 0 Å². The highest BCUT2D eigenvalue weighted by Crippen LogP contribution is 2.00. The fraction of sp³-hybridized carbons (Fsp3) is 0.833. The lowest BCUT2D eigenvalue weighted by Crippen LogP contribution is -2.70. The molecule has 0 saturated carbocycles. The lowest BCUT2D eigenvalue weighted by Gasteiger charge is -2.21. The van der Waals surface area contributed by atoms with Gasteiger partial charge in [-0.1, -0.05) is 0 Å². The molecular formula is C6H14NO5+. The van der Waals surface area contributed by atoms with Gasteiger partial charge in [0.1, 0.15) is 18.3 Å². The van der Waals surface area contributed by atoms with E-state index in [0.717, 1.165) is 0 Å². The first-order valence-electron chi connectivity index (χ1n) is 3.48. The highest BCUT2D eigenvalue weighted by atomic mass is 16.4. The average Bonchev–Trinajstić information content (AvgIpc) is 2.12. The topological polar surface area (TPSA) is 126 Å². The molecule has 72 valence electrons. The average molecular weight is 180 g/mol. The summed E-state index contributed by atoms with van der Waals surface area (Å²) >= 11 is 0. The smallest absolute Gasteiger partial charge is 0.179 e. The maximum Gasteiger partial charge on any atom is 0.179 e. The molecule has 0 heterocycles. The summed E-state index contributed by atoms with van der Waals surface area (Å²) in [5.41, 5.74) is 3.22. The number of aliphatic hydroxyl groups excluding tert-OH is 4. The van der Waals surface area contributed by atoms with E-state index in [9.17, 15) is 4.79 Å². The van der Waals surface area contributed by atoms with Crippen LogP contribution in [0.25, 0.3) is 0 Å². The van der Waals surface area contributed by atoms with Gasteiger partial charge < -0.3 is 26.2 Å². The van der Waals surface area contributed by atoms with Crippen LogP contribution in [0.15, 0.2) is 0 Å². The molecular weight excluding hydrogens is 166 g/mol. The Balaban J connectivity index is 4.07. The van der Waals surface area contributed by atoms with Crippen LogP contribution in [0.3, 0.4) is 0 Å². The van der Waals surface area contributed by atoms with Gasteiger partial charge in [0.25, 0.3) is 0 Å². The zero-order chi connectivity index (χ0) is 9.72. The Morgan fingerprint density at radius 1 is 1.25 bits per heavy atom. The van der Waals surface area contributed by atoms with Crippen LogP contribution in [0.1, 0.15) is 0 Å². The lowest BCUT2D eigenvalue weighted by atomic mass is 10.0. The predicted octanol–water partition coefficient (Wildman–Crippen LogP) is -4.13. The van der Waals surface area contributed by atoms with Gasteiger partial charge >= 0.3 is 0 Å². The minimum Gasteiger partial charge on any atom is -0.394 e. The summed E-state index contributed by atoms with van der Waals surface area (Å²) in [7, 11) is 0. The quantitative estimate of drug-likeness (QED) is 0.275. The Morgan fingerprint density at radius 3 is 2.08 bits per heavy atom. The zero-order valence-electron chi connectivity index (χ0n) is 6.50. The number of carbonyl (C=O) groups is 1. The first-order valence-corrected chi connectivity index (χ1v) is 3.48. The second-order valence-electron chi connectivity index (χ2n) is 2.53. The molecule has 0 aromatic carbocycles. The Labute approximate surface area is 69.2 Å². The molecule has 0 aliphatic rings. The van der Waals surface area contributed by atoms with Crippen LogP contribution in [0.4, 0.5) is 0 Å². The summed E-state index contributed by atoms with van der Waals surface area (Å²) in [4.78, 5) is 10.1. The Morgan fingerprint density at radius 2 is 1.75 bits per heavy atom. The molecule has 6 heteroatoms. The van der Waals surface area contributed by atoms with E-state index in [4.69, 9.17) is 20.4 Å². The van der Waals surface area contributed by atoms with Gasteiger partial charge in [-0.25, -0.2) is 0 Å². The number of carbonyl (C=O) groups excluding carboxylic acids is 1. The summed E-state index contributed by atoms with van der Waals surface area (Å²) in [6, 6.07) is -1.01. The molecule has 7 N–H and O–H groups in total. The second-order valence-corrected chi connectivity index (χ2v) is 2.53. The monoisotopic (exact) mass is 180 g/mol. The Kier molecular flexibility index (Phi) is 4.95. The molecule has 6 nitrogen and oxygen atoms in total. The van der Waals surface area contributed by atoms with Crippen LogP contribution >= 0.6 is 0 Å². The molecule has 0 saturated heterocycles. The van der Waals surface area contributed by atoms with E-state index in [0.29, 0.717) is 6.29 Å². The van der Waals surface area contributed by atoms with Crippen molar-refractivity contribution in [2.75, 3.05) is 6.61 Å². The molecule has 0 bridgehead atoms. The van der Waals surface area contributed by atoms with Gasteiger partial charge in [0.15, 0.2) is 12.3 Å². The first-order chi connectivity index (χ1) is 5.54. The van der Waals surface area contributed by atoms with Crippen LogP contribution in [0.5, 0.6) is 0 Å². The molecule has 0 radical (unpaired) electrons. The molecule has 12 heavy (non-hydrogen) atoms. The van der Waals surface area contributed by atoms with Crippen molar-refractivity contribution < 1.29 is 31.0 Å². The van der Waals surface area contributed by atoms with E-state index in [1.54, 1.807) is 0 Å². The molecule has 0 aliphatic carbocycles. The van der Waals surface area contributed by atoms with Gasteiger partial charge in [0.05, 0.1) is 6.61 Å². The molecule has 4 atom stereocenters. The number of rotatable bonds is 5. The molecule has 0 spiro atoms. The maximum absolute atomic E-state index is 10.1. The SMILES string of the molecule is [NH3+][C@H](C=O)[C@@H](O)[C@H](O)[C@H](O)CO. The molecule has 0 unspecified atom stereocenters. The molecule has 0 aliphatic heterocycles. The number of quaternary nitrogens is 1. The van der Waals surface area contributed by atoms with Crippen molar-refractivity contribution in [2.24, 2.45) is 0 Å². The van der Waals surface area contributed by atoms with Gasteiger partial charge in [0, 0.05) is 0 Å². The van der Waals surface area contributed by atoms with Gasteiger partial charge in [-0.2, -0.15) is 0 Å². The minimum atomic E-state index is -1.55. The number of aliphatic hydroxyl groups is 4. The van der Waals surface area contributed by atoms with Crippen LogP contribution in [0.2, 0.25) is 0 Å². The van der Waals surface area contributed by atoms with Crippen molar-refractivity contribution in [2.45, 2.75) is 24.4 Å². The van der Waals surface area contributed by atoms with E-state index in [1.807, 2.05) is 0 Å². The van der Waals surface area contributed by atoms with E-state index in [1.165, 1.54) is 0 Å². The molecule has 0 aromatic rings. The van der Waals surface area contributed by atoms with Crippen LogP contribution in [0, 0.1) is 0 Å². The van der Waals surface area contributed by atoms with Gasteiger partial charge in [-0.15, -0.1) is 0 Å². The third-order valence-corrected chi connectivity index (χ3v) is 1.54. The second kappa shape index (κ2) is 5.18. The summed E-state index contributed by atoms with van der Waals surface area (Å²) in [5.74, 6) is 0. The first kappa shape index (κ1) is 11.5. The van der Waals surface area contributed by atoms with Crippen molar-refractivity contribution >= 4 is 6.29 Å². The largest absolute Gasteiger partial charge is 0.394 e. The van der Waals surface area contributed by atoms with Crippen molar-refractivity contribution in [1.82, 2.24) is 0 Å². The molecule has 0 rings (SSSR count). The van der Waals surface area contributed by atoms with Crippen LogP contribution in [-0.2, 0) is 4.79 Å². The number of aldehydes is 1. The normalized spacial score (nSPS) is 21.1. The van der Waals surface area contributed by atoms with Crippen molar-refractivity contribution in [1.29, 1.82) is 0 Å². The summed E-state index contributed by atoms with van der Waals surface area (Å²) in [6.45, 7) is -0.677. The molecule has 0 aromatic heterocycles. The molecule has 0 amide bonds. The fourth-order valence-corrected chi connectivity index (χ4v) is 0.669. The van der Waals surface area contributed by atoms with Gasteiger partial charge in [0.2, 0.25) is 0 Å². The highest BCUT2D eigenvalue weighted by molar-refractivity contribution is 5.56. The lowest BCUT2D eigenvalue weighted by molar-refractivity contribution is -0.423. The van der Waals surface area contributed by atoms with E-state index in [-0.39, 0.29) is 0 Å². The van der Waals surface area contributed by atoms with Crippen molar-refractivity contribution in [3.8, 4) is 0 Å². The Bertz CT molecular complexity index is 142. The Hall–Kier alpha value is -0.530. The third-order valence-electron chi connectivity index (χ3n) is 1.54. The van der Waals surface area contributed by atoms with E-state index in [2.05, 4.69) is 5.73 Å². The fourth-order valence-electron chi connectivity index (χ4n) is 0.669. The summed E-state index contributed by atoms with van der Waals surface area (Å²) in [6.07, 6.45) is -4.10. The van der Waals surface area contributed by atoms with E-state index >= 15 is 0 Å². The zero-order valence-corrected chi connectivity index (χ0v) is 6.50. The van der Waals surface area contributed by atoms with Gasteiger partial charge in [-0.3, -0.25) is 4.79 Å². The standard InChI is InChI=1S/C6H13NO5/c7-3(1-8)5(11)6(12)4(10)2-9/h1,3-6,9-12H,2,7H2/p+1/t3-,4-,5-,6-/m1/s1. The summed E-state index contributed by atoms with van der Waals surface area (Å²) < 4.78 is 0. The highest BCUT2D eigenvalue weighted by Gasteiger charge is 2.30. The van der Waals surface area contributed by atoms with Crippen LogP contribution in [-0.4, -0.2) is 57.7 Å². The molecule has 0 fully saturated rings. The van der Waals surface area contributed by atoms with E-state index < -0.39 is 31.0 Å². The maximum atomic E-state index is 10.1. The number of hydrogen-bond donors (Lipinski definition) is 5. The summed E-state index contributed by atoms with van der Waals surface area (Å²) in [5, 5.41) is 35.3. The third kappa shape index (κ3) is 2.84. The predicted molar refractivity (Wildman–Crippen MR) is 37.8 cm³/mol. The minimum absolute atomic E-state index is 0.359.